The van der Waals surface area contributed by atoms with Gasteiger partial charge in [0.15, 0.2) is 11.6 Å². The highest BCUT2D eigenvalue weighted by Gasteiger charge is 2.10. The topological polar surface area (TPSA) is 63.8 Å². The van der Waals surface area contributed by atoms with Crippen LogP contribution < -0.4 is 11.1 Å². The van der Waals surface area contributed by atoms with Crippen molar-refractivity contribution in [2.75, 3.05) is 11.1 Å². The molecule has 0 amide bonds. The third-order valence-corrected chi connectivity index (χ3v) is 3.06. The van der Waals surface area contributed by atoms with Crippen LogP contribution in [0.3, 0.4) is 0 Å². The van der Waals surface area contributed by atoms with E-state index in [0.29, 0.717) is 27.4 Å². The van der Waals surface area contributed by atoms with Crippen molar-refractivity contribution < 1.29 is 0 Å². The Hall–Kier alpha value is -1.52. The van der Waals surface area contributed by atoms with Crippen molar-refractivity contribution in [3.63, 3.8) is 0 Å². The summed E-state index contributed by atoms with van der Waals surface area (Å²) in [5.74, 6) is 0.725. The Morgan fingerprint density at radius 1 is 1.18 bits per heavy atom. The van der Waals surface area contributed by atoms with Crippen molar-refractivity contribution in [1.29, 1.82) is 0 Å². The first-order valence-electron chi connectivity index (χ1n) is 4.87. The van der Waals surface area contributed by atoms with Crippen LogP contribution in [0.2, 0.25) is 10.0 Å². The minimum atomic E-state index is 0.293. The molecule has 0 spiro atoms. The van der Waals surface area contributed by atoms with E-state index in [0.717, 1.165) is 5.56 Å². The molecule has 2 aromatic rings. The molecule has 4 nitrogen and oxygen atoms in total. The van der Waals surface area contributed by atoms with Crippen molar-refractivity contribution in [3.05, 3.63) is 40.1 Å². The van der Waals surface area contributed by atoms with Crippen LogP contribution >= 0.6 is 23.2 Å². The summed E-state index contributed by atoms with van der Waals surface area (Å²) < 4.78 is 0. The zero-order valence-electron chi connectivity index (χ0n) is 9.04. The number of nitrogens with zero attached hydrogens (tertiary/aromatic N) is 2. The molecule has 0 saturated heterocycles. The molecule has 0 aliphatic carbocycles. The molecule has 1 heterocycles. The van der Waals surface area contributed by atoms with Crippen LogP contribution in [-0.4, -0.2) is 9.97 Å². The van der Waals surface area contributed by atoms with Gasteiger partial charge in [-0.05, 0) is 18.6 Å². The lowest BCUT2D eigenvalue weighted by molar-refractivity contribution is 1.21. The van der Waals surface area contributed by atoms with Crippen LogP contribution in [0.25, 0.3) is 0 Å². The summed E-state index contributed by atoms with van der Waals surface area (Å²) in [5.41, 5.74) is 7.19. The lowest BCUT2D eigenvalue weighted by Crippen LogP contribution is -2.02. The molecule has 6 heteroatoms. The molecule has 0 aliphatic rings. The van der Waals surface area contributed by atoms with Gasteiger partial charge >= 0.3 is 0 Å². The Morgan fingerprint density at radius 3 is 2.59 bits per heavy atom. The van der Waals surface area contributed by atoms with Crippen molar-refractivity contribution >= 4 is 40.5 Å². The molecule has 0 atom stereocenters. The van der Waals surface area contributed by atoms with E-state index < -0.39 is 0 Å². The molecule has 0 radical (unpaired) electrons. The fraction of sp³-hybridized carbons (Fsp3) is 0.0909. The summed E-state index contributed by atoms with van der Waals surface area (Å²) in [4.78, 5) is 7.99. The molecule has 0 unspecified atom stereocenters. The molecular formula is C11H10Cl2N4. The minimum Gasteiger partial charge on any atom is -0.381 e. The second-order valence-corrected chi connectivity index (χ2v) is 4.25. The van der Waals surface area contributed by atoms with E-state index in [1.54, 1.807) is 6.07 Å². The number of rotatable bonds is 2. The Morgan fingerprint density at radius 2 is 1.88 bits per heavy atom. The van der Waals surface area contributed by atoms with E-state index >= 15 is 0 Å². The lowest BCUT2D eigenvalue weighted by atomic mass is 10.2. The van der Waals surface area contributed by atoms with Gasteiger partial charge < -0.3 is 11.1 Å². The average molecular weight is 269 g/mol. The SMILES string of the molecule is Cc1ccc(Cl)c(Nc2nccnc2N)c1Cl. The maximum absolute atomic E-state index is 6.16. The third-order valence-electron chi connectivity index (χ3n) is 2.25. The first kappa shape index (κ1) is 12.0. The smallest absolute Gasteiger partial charge is 0.173 e. The number of aryl methyl sites for hydroxylation is 1. The summed E-state index contributed by atoms with van der Waals surface area (Å²) in [7, 11) is 0. The molecule has 0 saturated carbocycles. The van der Waals surface area contributed by atoms with E-state index in [-0.39, 0.29) is 0 Å². The monoisotopic (exact) mass is 268 g/mol. The fourth-order valence-corrected chi connectivity index (χ4v) is 1.80. The highest BCUT2D eigenvalue weighted by Crippen LogP contribution is 2.35. The zero-order chi connectivity index (χ0) is 12.4. The first-order valence-corrected chi connectivity index (χ1v) is 5.63. The van der Waals surface area contributed by atoms with Crippen LogP contribution in [0.5, 0.6) is 0 Å². The highest BCUT2D eigenvalue weighted by molar-refractivity contribution is 6.39. The van der Waals surface area contributed by atoms with Crippen molar-refractivity contribution in [2.24, 2.45) is 0 Å². The van der Waals surface area contributed by atoms with Crippen LogP contribution in [-0.2, 0) is 0 Å². The summed E-state index contributed by atoms with van der Waals surface area (Å²) in [5, 5.41) is 4.04. The highest BCUT2D eigenvalue weighted by atomic mass is 35.5. The van der Waals surface area contributed by atoms with E-state index in [2.05, 4.69) is 15.3 Å². The molecule has 0 bridgehead atoms. The second-order valence-electron chi connectivity index (χ2n) is 3.47. The van der Waals surface area contributed by atoms with Gasteiger partial charge in [0.1, 0.15) is 0 Å². The van der Waals surface area contributed by atoms with Gasteiger partial charge in [-0.1, -0.05) is 29.3 Å². The van der Waals surface area contributed by atoms with Gasteiger partial charge in [-0.2, -0.15) is 0 Å². The Labute approximate surface area is 109 Å². The van der Waals surface area contributed by atoms with Crippen LogP contribution in [0.15, 0.2) is 24.5 Å². The van der Waals surface area contributed by atoms with E-state index in [1.807, 2.05) is 13.0 Å². The zero-order valence-corrected chi connectivity index (χ0v) is 10.5. The molecule has 2 rings (SSSR count). The molecule has 1 aromatic carbocycles. The Balaban J connectivity index is 2.43. The number of anilines is 3. The molecule has 17 heavy (non-hydrogen) atoms. The van der Waals surface area contributed by atoms with E-state index in [9.17, 15) is 0 Å². The Kier molecular flexibility index (Phi) is 3.36. The van der Waals surface area contributed by atoms with Crippen LogP contribution in [0.4, 0.5) is 17.3 Å². The van der Waals surface area contributed by atoms with Crippen LogP contribution in [0, 0.1) is 6.92 Å². The minimum absolute atomic E-state index is 0.293. The number of nitrogens with one attached hydrogen (secondary N) is 1. The van der Waals surface area contributed by atoms with Crippen molar-refractivity contribution in [3.8, 4) is 0 Å². The maximum Gasteiger partial charge on any atom is 0.173 e. The van der Waals surface area contributed by atoms with Gasteiger partial charge in [-0.15, -0.1) is 0 Å². The normalized spacial score (nSPS) is 10.3. The van der Waals surface area contributed by atoms with Gasteiger partial charge in [0.25, 0.3) is 0 Å². The van der Waals surface area contributed by atoms with Gasteiger partial charge in [-0.25, -0.2) is 9.97 Å². The quantitative estimate of drug-likeness (QED) is 0.876. The third kappa shape index (κ3) is 2.43. The lowest BCUT2D eigenvalue weighted by Gasteiger charge is -2.12. The van der Waals surface area contributed by atoms with Crippen LogP contribution in [0.1, 0.15) is 5.56 Å². The van der Waals surface area contributed by atoms with Crippen molar-refractivity contribution in [2.45, 2.75) is 6.92 Å². The number of hydrogen-bond acceptors (Lipinski definition) is 4. The fourth-order valence-electron chi connectivity index (χ4n) is 1.33. The van der Waals surface area contributed by atoms with E-state index in [4.69, 9.17) is 28.9 Å². The summed E-state index contributed by atoms with van der Waals surface area (Å²) in [6.45, 7) is 1.89. The molecule has 3 N–H and O–H groups in total. The number of hydrogen-bond donors (Lipinski definition) is 2. The van der Waals surface area contributed by atoms with E-state index in [1.165, 1.54) is 12.4 Å². The summed E-state index contributed by atoms with van der Waals surface area (Å²) >= 11 is 12.2. The summed E-state index contributed by atoms with van der Waals surface area (Å²) in [6.07, 6.45) is 3.05. The largest absolute Gasteiger partial charge is 0.381 e. The predicted molar refractivity (Wildman–Crippen MR) is 70.9 cm³/mol. The van der Waals surface area contributed by atoms with Gasteiger partial charge in [0.2, 0.25) is 0 Å². The molecule has 0 fully saturated rings. The molecular weight excluding hydrogens is 259 g/mol. The number of aromatic nitrogens is 2. The number of halogens is 2. The Bertz CT molecular complexity index is 557. The number of nitrogen functional groups attached to an aromatic ring is 1. The average Bonchev–Trinajstić information content (AvgIpc) is 2.32. The number of nitrogens with two attached hydrogens (primary N) is 1. The molecule has 0 aliphatic heterocycles. The van der Waals surface area contributed by atoms with Gasteiger partial charge in [-0.3, -0.25) is 0 Å². The molecule has 1 aromatic heterocycles. The number of benzene rings is 1. The molecule has 88 valence electrons. The summed E-state index contributed by atoms with van der Waals surface area (Å²) in [6, 6.07) is 3.60. The predicted octanol–water partition coefficient (Wildman–Crippen LogP) is 3.42. The second kappa shape index (κ2) is 4.77. The van der Waals surface area contributed by atoms with Gasteiger partial charge in [0.05, 0.1) is 15.7 Å². The van der Waals surface area contributed by atoms with Crippen molar-refractivity contribution in [1.82, 2.24) is 9.97 Å². The van der Waals surface area contributed by atoms with Gasteiger partial charge in [0, 0.05) is 12.4 Å². The maximum atomic E-state index is 6.16. The first-order chi connectivity index (χ1) is 8.09. The standard InChI is InChI=1S/C11H10Cl2N4/c1-6-2-3-7(12)9(8(6)13)17-11-10(14)15-4-5-16-11/h2-5H,1H3,(H2,14,15)(H,16,17).